The molecule has 0 radical (unpaired) electrons. The minimum atomic E-state index is 0.251. The Morgan fingerprint density at radius 3 is 2.62 bits per heavy atom. The van der Waals surface area contributed by atoms with E-state index in [1.807, 2.05) is 23.1 Å². The zero-order valence-electron chi connectivity index (χ0n) is 14.8. The summed E-state index contributed by atoms with van der Waals surface area (Å²) in [5.74, 6) is 1.87. The van der Waals surface area contributed by atoms with Crippen molar-refractivity contribution in [3.8, 4) is 11.5 Å². The third kappa shape index (κ3) is 3.66. The number of likely N-dealkylation sites (tertiary alicyclic amines) is 1. The van der Waals surface area contributed by atoms with Gasteiger partial charge in [0.1, 0.15) is 11.5 Å². The van der Waals surface area contributed by atoms with Crippen molar-refractivity contribution in [2.24, 2.45) is 5.41 Å². The lowest BCUT2D eigenvalue weighted by atomic mass is 9.78. The summed E-state index contributed by atoms with van der Waals surface area (Å²) in [5.41, 5.74) is 1.48. The van der Waals surface area contributed by atoms with Gasteiger partial charge in [-0.2, -0.15) is 0 Å². The summed E-state index contributed by atoms with van der Waals surface area (Å²) in [4.78, 5) is 14.6. The van der Waals surface area contributed by atoms with E-state index >= 15 is 0 Å². The lowest BCUT2D eigenvalue weighted by Crippen LogP contribution is -2.44. The van der Waals surface area contributed by atoms with Crippen LogP contribution in [0.15, 0.2) is 18.2 Å². The third-order valence-corrected chi connectivity index (χ3v) is 5.60. The van der Waals surface area contributed by atoms with Crippen LogP contribution in [0.2, 0.25) is 0 Å². The summed E-state index contributed by atoms with van der Waals surface area (Å²) >= 11 is 0. The minimum absolute atomic E-state index is 0.251. The number of methoxy groups -OCH3 is 2. The van der Waals surface area contributed by atoms with Gasteiger partial charge in [0.15, 0.2) is 0 Å². The SMILES string of the molecule is COc1ccc(OC)c(CCC(=O)N2CCC3(CCNC3)CC2)c1. The highest BCUT2D eigenvalue weighted by Crippen LogP contribution is 2.37. The van der Waals surface area contributed by atoms with Crippen LogP contribution in [0, 0.1) is 5.41 Å². The highest BCUT2D eigenvalue weighted by molar-refractivity contribution is 5.76. The molecule has 0 aromatic heterocycles. The fourth-order valence-electron chi connectivity index (χ4n) is 3.93. The molecule has 2 aliphatic rings. The van der Waals surface area contributed by atoms with E-state index in [1.54, 1.807) is 14.2 Å². The van der Waals surface area contributed by atoms with E-state index in [9.17, 15) is 4.79 Å². The molecule has 1 aromatic rings. The van der Waals surface area contributed by atoms with Gasteiger partial charge in [-0.15, -0.1) is 0 Å². The Kier molecular flexibility index (Phi) is 5.29. The molecule has 0 saturated carbocycles. The van der Waals surface area contributed by atoms with Crippen LogP contribution in [0.5, 0.6) is 11.5 Å². The summed E-state index contributed by atoms with van der Waals surface area (Å²) in [5, 5.41) is 3.47. The van der Waals surface area contributed by atoms with E-state index in [0.717, 1.165) is 56.1 Å². The second kappa shape index (κ2) is 7.43. The van der Waals surface area contributed by atoms with Crippen LogP contribution < -0.4 is 14.8 Å². The minimum Gasteiger partial charge on any atom is -0.497 e. The van der Waals surface area contributed by atoms with Gasteiger partial charge in [-0.25, -0.2) is 0 Å². The first-order valence-corrected chi connectivity index (χ1v) is 8.85. The topological polar surface area (TPSA) is 50.8 Å². The number of nitrogens with one attached hydrogen (secondary N) is 1. The Morgan fingerprint density at radius 1 is 1.21 bits per heavy atom. The second-order valence-electron chi connectivity index (χ2n) is 6.99. The molecule has 0 bridgehead atoms. The maximum atomic E-state index is 12.6. The normalized spacial score (nSPS) is 19.5. The van der Waals surface area contributed by atoms with Crippen molar-refractivity contribution in [2.45, 2.75) is 32.1 Å². The van der Waals surface area contributed by atoms with Gasteiger partial charge < -0.3 is 19.7 Å². The average Bonchev–Trinajstić information content (AvgIpc) is 3.08. The fraction of sp³-hybridized carbons (Fsp3) is 0.632. The predicted octanol–water partition coefficient (Wildman–Crippen LogP) is 2.24. The number of rotatable bonds is 5. The molecular weight excluding hydrogens is 304 g/mol. The number of hydrogen-bond acceptors (Lipinski definition) is 4. The van der Waals surface area contributed by atoms with Crippen molar-refractivity contribution >= 4 is 5.91 Å². The number of amides is 1. The molecule has 2 saturated heterocycles. The zero-order chi connectivity index (χ0) is 17.0. The third-order valence-electron chi connectivity index (χ3n) is 5.60. The quantitative estimate of drug-likeness (QED) is 0.898. The van der Waals surface area contributed by atoms with Gasteiger partial charge in [0.25, 0.3) is 0 Å². The summed E-state index contributed by atoms with van der Waals surface area (Å²) in [6.45, 7) is 4.05. The number of aryl methyl sites for hydroxylation is 1. The van der Waals surface area contributed by atoms with Gasteiger partial charge in [0.2, 0.25) is 5.91 Å². The van der Waals surface area contributed by atoms with Crippen molar-refractivity contribution in [3.05, 3.63) is 23.8 Å². The van der Waals surface area contributed by atoms with Crippen molar-refractivity contribution in [2.75, 3.05) is 40.4 Å². The summed E-state index contributed by atoms with van der Waals surface area (Å²) in [6, 6.07) is 5.74. The van der Waals surface area contributed by atoms with Crippen LogP contribution in [0.4, 0.5) is 0 Å². The van der Waals surface area contributed by atoms with Gasteiger partial charge in [-0.3, -0.25) is 4.79 Å². The molecule has 0 atom stereocenters. The van der Waals surface area contributed by atoms with Crippen molar-refractivity contribution in [1.82, 2.24) is 10.2 Å². The predicted molar refractivity (Wildman–Crippen MR) is 93.6 cm³/mol. The van der Waals surface area contributed by atoms with Crippen LogP contribution >= 0.6 is 0 Å². The Labute approximate surface area is 144 Å². The largest absolute Gasteiger partial charge is 0.497 e. The molecule has 1 spiro atoms. The Hall–Kier alpha value is -1.75. The number of nitrogens with zero attached hydrogens (tertiary/aromatic N) is 1. The molecule has 1 N–H and O–H groups in total. The van der Waals surface area contributed by atoms with E-state index in [-0.39, 0.29) is 5.91 Å². The van der Waals surface area contributed by atoms with Gasteiger partial charge in [-0.05, 0) is 61.4 Å². The lowest BCUT2D eigenvalue weighted by molar-refractivity contribution is -0.133. The molecule has 2 fully saturated rings. The lowest BCUT2D eigenvalue weighted by Gasteiger charge is -2.39. The molecule has 1 amide bonds. The monoisotopic (exact) mass is 332 g/mol. The van der Waals surface area contributed by atoms with Gasteiger partial charge in [0.05, 0.1) is 14.2 Å². The number of carbonyl (C=O) groups excluding carboxylic acids is 1. The molecule has 5 heteroatoms. The molecule has 3 rings (SSSR count). The maximum Gasteiger partial charge on any atom is 0.222 e. The van der Waals surface area contributed by atoms with Gasteiger partial charge >= 0.3 is 0 Å². The number of carbonyl (C=O) groups is 1. The Morgan fingerprint density at radius 2 is 2.00 bits per heavy atom. The van der Waals surface area contributed by atoms with Crippen LogP contribution in [-0.2, 0) is 11.2 Å². The molecule has 1 aromatic carbocycles. The van der Waals surface area contributed by atoms with Crippen LogP contribution in [0.3, 0.4) is 0 Å². The standard InChI is InChI=1S/C19H28N2O3/c1-23-16-4-5-17(24-2)15(13-16)3-6-18(22)21-11-8-19(9-12-21)7-10-20-14-19/h4-5,13,20H,3,6-12,14H2,1-2H3. The number of ether oxygens (including phenoxy) is 2. The summed E-state index contributed by atoms with van der Waals surface area (Å²) in [7, 11) is 3.31. The fourth-order valence-corrected chi connectivity index (χ4v) is 3.93. The molecule has 132 valence electrons. The summed E-state index contributed by atoms with van der Waals surface area (Å²) < 4.78 is 10.7. The first-order chi connectivity index (χ1) is 11.7. The molecule has 2 aliphatic heterocycles. The summed E-state index contributed by atoms with van der Waals surface area (Å²) in [6.07, 6.45) is 4.73. The van der Waals surface area contributed by atoms with E-state index in [2.05, 4.69) is 5.32 Å². The molecular formula is C19H28N2O3. The van der Waals surface area contributed by atoms with Crippen molar-refractivity contribution < 1.29 is 14.3 Å². The van der Waals surface area contributed by atoms with E-state index < -0.39 is 0 Å². The van der Waals surface area contributed by atoms with Crippen LogP contribution in [0.1, 0.15) is 31.2 Å². The number of hydrogen-bond donors (Lipinski definition) is 1. The van der Waals surface area contributed by atoms with Crippen molar-refractivity contribution in [3.63, 3.8) is 0 Å². The maximum absolute atomic E-state index is 12.6. The Bertz CT molecular complexity index is 572. The molecule has 24 heavy (non-hydrogen) atoms. The van der Waals surface area contributed by atoms with E-state index in [4.69, 9.17) is 9.47 Å². The molecule has 0 unspecified atom stereocenters. The second-order valence-corrected chi connectivity index (χ2v) is 6.99. The van der Waals surface area contributed by atoms with Crippen LogP contribution in [0.25, 0.3) is 0 Å². The highest BCUT2D eigenvalue weighted by atomic mass is 16.5. The average molecular weight is 332 g/mol. The first kappa shape index (κ1) is 17.1. The zero-order valence-corrected chi connectivity index (χ0v) is 14.8. The molecule has 5 nitrogen and oxygen atoms in total. The van der Waals surface area contributed by atoms with Crippen LogP contribution in [-0.4, -0.2) is 51.2 Å². The smallest absolute Gasteiger partial charge is 0.222 e. The van der Waals surface area contributed by atoms with Gasteiger partial charge in [-0.1, -0.05) is 0 Å². The molecule has 0 aliphatic carbocycles. The van der Waals surface area contributed by atoms with E-state index in [1.165, 1.54) is 6.42 Å². The highest BCUT2D eigenvalue weighted by Gasteiger charge is 2.37. The Balaban J connectivity index is 1.54. The van der Waals surface area contributed by atoms with Gasteiger partial charge in [0, 0.05) is 26.1 Å². The van der Waals surface area contributed by atoms with Crippen molar-refractivity contribution in [1.29, 1.82) is 0 Å². The number of piperidine rings is 1. The molecule has 2 heterocycles. The first-order valence-electron chi connectivity index (χ1n) is 8.85. The van der Waals surface area contributed by atoms with E-state index in [0.29, 0.717) is 18.3 Å². The number of benzene rings is 1.